The summed E-state index contributed by atoms with van der Waals surface area (Å²) >= 11 is 6.77. The predicted octanol–water partition coefficient (Wildman–Crippen LogP) is 3.67. The zero-order valence-corrected chi connectivity index (χ0v) is 16.3. The molecule has 0 unspecified atom stereocenters. The minimum Gasteiger partial charge on any atom is -0.482 e. The summed E-state index contributed by atoms with van der Waals surface area (Å²) in [5.41, 5.74) is 7.02. The molecule has 0 saturated heterocycles. The fraction of sp³-hybridized carbons (Fsp3) is 0.176. The molecule has 7 heteroatoms. The molecule has 0 aliphatic heterocycles. The van der Waals surface area contributed by atoms with Crippen molar-refractivity contribution in [3.05, 3.63) is 62.0 Å². The Morgan fingerprint density at radius 2 is 1.83 bits per heavy atom. The van der Waals surface area contributed by atoms with Gasteiger partial charge in [-0.15, -0.1) is 0 Å². The van der Waals surface area contributed by atoms with Crippen LogP contribution >= 0.6 is 31.9 Å². The van der Waals surface area contributed by atoms with Crippen molar-refractivity contribution in [3.8, 4) is 5.75 Å². The topological polar surface area (TPSA) is 67.4 Å². The molecule has 0 spiro atoms. The van der Waals surface area contributed by atoms with Gasteiger partial charge in [0.25, 0.3) is 11.8 Å². The van der Waals surface area contributed by atoms with Gasteiger partial charge in [0.05, 0.1) is 4.47 Å². The van der Waals surface area contributed by atoms with Gasteiger partial charge in [0.2, 0.25) is 0 Å². The average molecular weight is 456 g/mol. The van der Waals surface area contributed by atoms with E-state index >= 15 is 0 Å². The lowest BCUT2D eigenvalue weighted by molar-refractivity contribution is -0.123. The Labute approximate surface area is 157 Å². The molecule has 0 aliphatic carbocycles. The number of hydrogen-bond acceptors (Lipinski definition) is 3. The van der Waals surface area contributed by atoms with E-state index in [9.17, 15) is 9.59 Å². The Morgan fingerprint density at radius 1 is 1.08 bits per heavy atom. The molecule has 2 aromatic rings. The molecule has 0 heterocycles. The number of hydrazine groups is 1. The van der Waals surface area contributed by atoms with E-state index in [-0.39, 0.29) is 12.5 Å². The molecule has 0 aromatic heterocycles. The Hall–Kier alpha value is -1.86. The minimum atomic E-state index is -0.453. The van der Waals surface area contributed by atoms with Gasteiger partial charge in [0.15, 0.2) is 6.61 Å². The van der Waals surface area contributed by atoms with Crippen LogP contribution in [0.1, 0.15) is 21.5 Å². The third-order valence-corrected chi connectivity index (χ3v) is 4.18. The van der Waals surface area contributed by atoms with Crippen LogP contribution in [0.2, 0.25) is 0 Å². The standard InChI is InChI=1S/C17H16Br2N2O3/c1-10-4-3-5-12(6-10)17(23)21-20-15(22)9-24-16-11(2)7-13(18)8-14(16)19/h3-8H,9H2,1-2H3,(H,20,22)(H,21,23). The summed E-state index contributed by atoms with van der Waals surface area (Å²) in [6, 6.07) is 10.8. The van der Waals surface area contributed by atoms with Crippen LogP contribution in [0.3, 0.4) is 0 Å². The highest BCUT2D eigenvalue weighted by Crippen LogP contribution is 2.32. The van der Waals surface area contributed by atoms with Gasteiger partial charge in [-0.1, -0.05) is 33.6 Å². The number of rotatable bonds is 4. The van der Waals surface area contributed by atoms with E-state index < -0.39 is 5.91 Å². The van der Waals surface area contributed by atoms with Crippen molar-refractivity contribution in [1.29, 1.82) is 0 Å². The normalized spacial score (nSPS) is 10.2. The lowest BCUT2D eigenvalue weighted by atomic mass is 10.1. The van der Waals surface area contributed by atoms with Crippen LogP contribution in [0, 0.1) is 13.8 Å². The quantitative estimate of drug-likeness (QED) is 0.691. The van der Waals surface area contributed by atoms with Crippen molar-refractivity contribution < 1.29 is 14.3 Å². The third kappa shape index (κ3) is 5.07. The Kier molecular flexibility index (Phi) is 6.39. The summed E-state index contributed by atoms with van der Waals surface area (Å²) in [5.74, 6) is -0.253. The van der Waals surface area contributed by atoms with Gasteiger partial charge in [-0.3, -0.25) is 20.4 Å². The maximum Gasteiger partial charge on any atom is 0.276 e. The summed E-state index contributed by atoms with van der Waals surface area (Å²) in [6.07, 6.45) is 0. The fourth-order valence-electron chi connectivity index (χ4n) is 2.03. The van der Waals surface area contributed by atoms with Crippen molar-refractivity contribution in [1.82, 2.24) is 10.9 Å². The summed E-state index contributed by atoms with van der Waals surface area (Å²) in [4.78, 5) is 23.8. The van der Waals surface area contributed by atoms with Gasteiger partial charge < -0.3 is 4.74 Å². The van der Waals surface area contributed by atoms with Crippen LogP contribution in [0.4, 0.5) is 0 Å². The van der Waals surface area contributed by atoms with Crippen LogP contribution in [0.15, 0.2) is 45.3 Å². The SMILES string of the molecule is Cc1cccc(C(=O)NNC(=O)COc2c(C)cc(Br)cc2Br)c1. The summed E-state index contributed by atoms with van der Waals surface area (Å²) in [5, 5.41) is 0. The third-order valence-electron chi connectivity index (χ3n) is 3.14. The predicted molar refractivity (Wildman–Crippen MR) is 98.9 cm³/mol. The highest BCUT2D eigenvalue weighted by atomic mass is 79.9. The van der Waals surface area contributed by atoms with E-state index in [2.05, 4.69) is 42.7 Å². The van der Waals surface area contributed by atoms with E-state index in [0.29, 0.717) is 11.3 Å². The molecule has 0 atom stereocenters. The van der Waals surface area contributed by atoms with Gasteiger partial charge in [-0.2, -0.15) is 0 Å². The molecule has 2 N–H and O–H groups in total. The molecule has 0 bridgehead atoms. The summed E-state index contributed by atoms with van der Waals surface area (Å²) in [7, 11) is 0. The first kappa shape index (κ1) is 18.5. The molecule has 2 rings (SSSR count). The second-order valence-corrected chi connectivity index (χ2v) is 6.96. The van der Waals surface area contributed by atoms with Crippen molar-refractivity contribution in [2.75, 3.05) is 6.61 Å². The monoisotopic (exact) mass is 454 g/mol. The van der Waals surface area contributed by atoms with Crippen molar-refractivity contribution >= 4 is 43.7 Å². The van der Waals surface area contributed by atoms with E-state index in [0.717, 1.165) is 20.1 Å². The molecule has 0 aliphatic rings. The van der Waals surface area contributed by atoms with Crippen LogP contribution in [-0.4, -0.2) is 18.4 Å². The molecular weight excluding hydrogens is 440 g/mol. The molecule has 0 saturated carbocycles. The molecule has 0 radical (unpaired) electrons. The molecule has 2 aromatic carbocycles. The number of aryl methyl sites for hydroxylation is 2. The smallest absolute Gasteiger partial charge is 0.276 e. The number of amides is 2. The van der Waals surface area contributed by atoms with E-state index in [1.165, 1.54) is 0 Å². The Morgan fingerprint density at radius 3 is 2.50 bits per heavy atom. The van der Waals surface area contributed by atoms with Crippen molar-refractivity contribution in [3.63, 3.8) is 0 Å². The van der Waals surface area contributed by atoms with Crippen molar-refractivity contribution in [2.24, 2.45) is 0 Å². The first-order valence-electron chi connectivity index (χ1n) is 7.11. The number of ether oxygens (including phenoxy) is 1. The first-order chi connectivity index (χ1) is 11.4. The maximum atomic E-state index is 11.9. The number of hydrogen-bond donors (Lipinski definition) is 2. The summed E-state index contributed by atoms with van der Waals surface area (Å²) in [6.45, 7) is 3.55. The highest BCUT2D eigenvalue weighted by molar-refractivity contribution is 9.11. The van der Waals surface area contributed by atoms with Crippen LogP contribution in [0.25, 0.3) is 0 Å². The molecule has 126 valence electrons. The van der Waals surface area contributed by atoms with Crippen molar-refractivity contribution in [2.45, 2.75) is 13.8 Å². The number of carbonyl (C=O) groups is 2. The Bertz CT molecular complexity index is 755. The molecule has 5 nitrogen and oxygen atoms in total. The number of nitrogens with one attached hydrogen (secondary N) is 2. The number of carbonyl (C=O) groups excluding carboxylic acids is 2. The number of benzene rings is 2. The van der Waals surface area contributed by atoms with E-state index in [1.807, 2.05) is 32.0 Å². The summed E-state index contributed by atoms with van der Waals surface area (Å²) < 4.78 is 7.16. The van der Waals surface area contributed by atoms with Gasteiger partial charge in [0, 0.05) is 10.0 Å². The maximum absolute atomic E-state index is 11.9. The molecule has 2 amide bonds. The number of halogens is 2. The zero-order valence-electron chi connectivity index (χ0n) is 13.2. The lowest BCUT2D eigenvalue weighted by Crippen LogP contribution is -2.43. The average Bonchev–Trinajstić information content (AvgIpc) is 2.51. The second-order valence-electron chi connectivity index (χ2n) is 5.19. The van der Waals surface area contributed by atoms with E-state index in [1.54, 1.807) is 18.2 Å². The fourth-order valence-corrected chi connectivity index (χ4v) is 3.58. The van der Waals surface area contributed by atoms with Crippen LogP contribution < -0.4 is 15.6 Å². The van der Waals surface area contributed by atoms with Crippen LogP contribution in [-0.2, 0) is 4.79 Å². The second kappa shape index (κ2) is 8.30. The van der Waals surface area contributed by atoms with Gasteiger partial charge in [-0.25, -0.2) is 0 Å². The van der Waals surface area contributed by atoms with Gasteiger partial charge >= 0.3 is 0 Å². The van der Waals surface area contributed by atoms with Gasteiger partial charge in [0.1, 0.15) is 5.75 Å². The molecule has 24 heavy (non-hydrogen) atoms. The van der Waals surface area contributed by atoms with Crippen LogP contribution in [0.5, 0.6) is 5.75 Å². The molecule has 0 fully saturated rings. The lowest BCUT2D eigenvalue weighted by Gasteiger charge is -2.12. The Balaban J connectivity index is 1.87. The molecular formula is C17H16Br2N2O3. The van der Waals surface area contributed by atoms with Gasteiger partial charge in [-0.05, 0) is 59.6 Å². The largest absolute Gasteiger partial charge is 0.482 e. The highest BCUT2D eigenvalue weighted by Gasteiger charge is 2.11. The zero-order chi connectivity index (χ0) is 17.7. The first-order valence-corrected chi connectivity index (χ1v) is 8.69. The minimum absolute atomic E-state index is 0.213. The van der Waals surface area contributed by atoms with E-state index in [4.69, 9.17) is 4.74 Å².